The van der Waals surface area contributed by atoms with Crippen molar-refractivity contribution in [2.75, 3.05) is 0 Å². The van der Waals surface area contributed by atoms with Crippen LogP contribution in [0.25, 0.3) is 0 Å². The molecule has 0 aromatic heterocycles. The van der Waals surface area contributed by atoms with Crippen molar-refractivity contribution >= 4 is 8.07 Å². The molecule has 12 heavy (non-hydrogen) atoms. The van der Waals surface area contributed by atoms with Crippen LogP contribution in [0.15, 0.2) is 10.8 Å². The Hall–Kier alpha value is -0.483. The van der Waals surface area contributed by atoms with Crippen molar-refractivity contribution in [3.63, 3.8) is 0 Å². The number of allylic oxidation sites excluding steroid dienone is 2. The van der Waals surface area contributed by atoms with Crippen LogP contribution in [-0.4, -0.2) is 8.07 Å². The lowest BCUT2D eigenvalue weighted by Crippen LogP contribution is -2.20. The zero-order valence-electron chi connectivity index (χ0n) is 8.78. The molecule has 0 amide bonds. The summed E-state index contributed by atoms with van der Waals surface area (Å²) in [6.45, 7) is 11.5. The highest BCUT2D eigenvalue weighted by Crippen LogP contribution is 2.46. The Bertz CT molecular complexity index is 268. The quantitative estimate of drug-likeness (QED) is 0.450. The van der Waals surface area contributed by atoms with Crippen LogP contribution in [0.5, 0.6) is 0 Å². The Balaban J connectivity index is 2.54. The van der Waals surface area contributed by atoms with Gasteiger partial charge in [-0.3, -0.25) is 0 Å². The lowest BCUT2D eigenvalue weighted by Gasteiger charge is -2.12. The molecule has 66 valence electrons. The number of hydrogen-bond donors (Lipinski definition) is 0. The lowest BCUT2D eigenvalue weighted by molar-refractivity contribution is 0.915. The zero-order chi connectivity index (χ0) is 9.35. The van der Waals surface area contributed by atoms with Gasteiger partial charge in [0.15, 0.2) is 0 Å². The third-order valence-electron chi connectivity index (χ3n) is 2.50. The molecule has 1 heteroatoms. The fourth-order valence-electron chi connectivity index (χ4n) is 1.97. The van der Waals surface area contributed by atoms with E-state index >= 15 is 0 Å². The van der Waals surface area contributed by atoms with Gasteiger partial charge in [0.25, 0.3) is 0 Å². The lowest BCUT2D eigenvalue weighted by atomic mass is 10.2. The van der Waals surface area contributed by atoms with Crippen molar-refractivity contribution in [2.45, 2.75) is 39.9 Å². The molecule has 0 nitrogen and oxygen atoms in total. The summed E-state index contributed by atoms with van der Waals surface area (Å²) in [4.78, 5) is 0. The Labute approximate surface area is 77.1 Å². The van der Waals surface area contributed by atoms with E-state index in [-0.39, 0.29) is 0 Å². The van der Waals surface area contributed by atoms with Gasteiger partial charge >= 0.3 is 0 Å². The maximum atomic E-state index is 3.17. The third kappa shape index (κ3) is 1.81. The van der Waals surface area contributed by atoms with E-state index < -0.39 is 8.07 Å². The van der Waals surface area contributed by atoms with E-state index in [1.807, 2.05) is 6.92 Å². The maximum Gasteiger partial charge on any atom is 0.0732 e. The van der Waals surface area contributed by atoms with Gasteiger partial charge in [0, 0.05) is 12.3 Å². The minimum absolute atomic E-state index is 0.768. The molecule has 0 aromatic carbocycles. The molecule has 0 fully saturated rings. The Kier molecular flexibility index (Phi) is 2.48. The van der Waals surface area contributed by atoms with E-state index in [1.54, 1.807) is 10.8 Å². The first-order valence-electron chi connectivity index (χ1n) is 4.59. The van der Waals surface area contributed by atoms with Crippen LogP contribution < -0.4 is 0 Å². The fraction of sp³-hybridized carbons (Fsp3) is 0.636. The second-order valence-corrected chi connectivity index (χ2v) is 9.57. The van der Waals surface area contributed by atoms with Gasteiger partial charge in [0.2, 0.25) is 0 Å². The zero-order valence-corrected chi connectivity index (χ0v) is 9.78. The van der Waals surface area contributed by atoms with Crippen LogP contribution in [0.2, 0.25) is 19.6 Å². The van der Waals surface area contributed by atoms with Gasteiger partial charge in [-0.2, -0.15) is 0 Å². The Morgan fingerprint density at radius 3 is 2.25 bits per heavy atom. The van der Waals surface area contributed by atoms with Gasteiger partial charge in [0.1, 0.15) is 0 Å². The normalized spacial score (nSPS) is 21.9. The van der Waals surface area contributed by atoms with Crippen LogP contribution in [0.1, 0.15) is 20.3 Å². The summed E-state index contributed by atoms with van der Waals surface area (Å²) in [6.07, 6.45) is 1.07. The highest BCUT2D eigenvalue weighted by molar-refractivity contribution is 6.84. The smallest absolute Gasteiger partial charge is 0.0732 e. The van der Waals surface area contributed by atoms with Crippen molar-refractivity contribution < 1.29 is 0 Å². The average molecular weight is 178 g/mol. The first kappa shape index (κ1) is 9.60. The largest absolute Gasteiger partial charge is 0.107 e. The van der Waals surface area contributed by atoms with Crippen molar-refractivity contribution in [2.24, 2.45) is 5.92 Å². The van der Waals surface area contributed by atoms with Crippen molar-refractivity contribution in [3.05, 3.63) is 10.8 Å². The topological polar surface area (TPSA) is 0 Å². The molecule has 1 aliphatic carbocycles. The summed E-state index contributed by atoms with van der Waals surface area (Å²) in [5.41, 5.74) is 1.64. The molecule has 0 aromatic rings. The monoisotopic (exact) mass is 178 g/mol. The molecule has 0 saturated carbocycles. The molecule has 1 rings (SSSR count). The number of rotatable bonds is 2. The van der Waals surface area contributed by atoms with E-state index in [4.69, 9.17) is 0 Å². The van der Waals surface area contributed by atoms with Gasteiger partial charge in [-0.1, -0.05) is 30.4 Å². The highest BCUT2D eigenvalue weighted by atomic mass is 28.3. The summed E-state index contributed by atoms with van der Waals surface area (Å²) in [7, 11) is -0.988. The molecular weight excluding hydrogens is 160 g/mol. The summed E-state index contributed by atoms with van der Waals surface area (Å²) in [6, 6.07) is 0. The molecule has 1 unspecified atom stereocenters. The molecular formula is C11H18Si. The van der Waals surface area contributed by atoms with Gasteiger partial charge in [-0.15, -0.1) is 11.8 Å². The van der Waals surface area contributed by atoms with E-state index in [0.29, 0.717) is 0 Å². The van der Waals surface area contributed by atoms with E-state index in [1.165, 1.54) is 0 Å². The van der Waals surface area contributed by atoms with Crippen LogP contribution in [0.3, 0.4) is 0 Å². The van der Waals surface area contributed by atoms with Crippen LogP contribution in [-0.2, 0) is 0 Å². The molecule has 0 spiro atoms. The summed E-state index contributed by atoms with van der Waals surface area (Å²) in [5.74, 6) is 6.91. The Morgan fingerprint density at radius 1 is 1.33 bits per heavy atom. The second-order valence-electron chi connectivity index (χ2n) is 4.53. The minimum atomic E-state index is -0.988. The molecule has 0 radical (unpaired) electrons. The SMILES string of the molecule is CC#CCC1C(C)=C1[Si](C)(C)C. The molecule has 0 saturated heterocycles. The Morgan fingerprint density at radius 2 is 1.92 bits per heavy atom. The van der Waals surface area contributed by atoms with E-state index in [2.05, 4.69) is 38.4 Å². The summed E-state index contributed by atoms with van der Waals surface area (Å²) in [5, 5.41) is 1.77. The fourth-order valence-corrected chi connectivity index (χ4v) is 4.61. The van der Waals surface area contributed by atoms with E-state index in [9.17, 15) is 0 Å². The highest BCUT2D eigenvalue weighted by Gasteiger charge is 2.40. The van der Waals surface area contributed by atoms with Crippen LogP contribution in [0.4, 0.5) is 0 Å². The molecule has 0 bridgehead atoms. The molecule has 0 N–H and O–H groups in total. The second kappa shape index (κ2) is 3.10. The first-order valence-corrected chi connectivity index (χ1v) is 8.09. The van der Waals surface area contributed by atoms with Gasteiger partial charge < -0.3 is 0 Å². The van der Waals surface area contributed by atoms with Crippen LogP contribution >= 0.6 is 0 Å². The van der Waals surface area contributed by atoms with Gasteiger partial charge in [0.05, 0.1) is 8.07 Å². The number of hydrogen-bond acceptors (Lipinski definition) is 0. The first-order chi connectivity index (χ1) is 5.48. The van der Waals surface area contributed by atoms with Crippen molar-refractivity contribution in [1.29, 1.82) is 0 Å². The van der Waals surface area contributed by atoms with Crippen molar-refractivity contribution in [3.8, 4) is 11.8 Å². The van der Waals surface area contributed by atoms with Gasteiger partial charge in [-0.25, -0.2) is 0 Å². The summed E-state index contributed by atoms with van der Waals surface area (Å²) >= 11 is 0. The van der Waals surface area contributed by atoms with Crippen LogP contribution in [0, 0.1) is 17.8 Å². The summed E-state index contributed by atoms with van der Waals surface area (Å²) < 4.78 is 0. The molecule has 0 heterocycles. The standard InChI is InChI=1S/C11H18Si/c1-6-7-8-10-9(2)11(10)12(3,4)5/h10H,8H2,1-5H3. The minimum Gasteiger partial charge on any atom is -0.107 e. The molecule has 0 aliphatic heterocycles. The average Bonchev–Trinajstić information content (AvgIpc) is 2.56. The third-order valence-corrected chi connectivity index (χ3v) is 4.86. The van der Waals surface area contributed by atoms with Gasteiger partial charge in [-0.05, 0) is 13.8 Å². The van der Waals surface area contributed by atoms with E-state index in [0.717, 1.165) is 12.3 Å². The predicted octanol–water partition coefficient (Wildman–Crippen LogP) is 3.22. The maximum absolute atomic E-state index is 3.17. The molecule has 1 aliphatic rings. The predicted molar refractivity (Wildman–Crippen MR) is 57.6 cm³/mol. The van der Waals surface area contributed by atoms with Crippen molar-refractivity contribution in [1.82, 2.24) is 0 Å². The molecule has 1 atom stereocenters.